The zero-order chi connectivity index (χ0) is 11.0. The van der Waals surface area contributed by atoms with Gasteiger partial charge in [0.15, 0.2) is 0 Å². The van der Waals surface area contributed by atoms with Crippen molar-refractivity contribution in [1.82, 2.24) is 14.9 Å². The van der Waals surface area contributed by atoms with E-state index in [2.05, 4.69) is 10.3 Å². The maximum Gasteiger partial charge on any atom is 0.256 e. The first-order chi connectivity index (χ1) is 7.08. The molecule has 2 aromatic rings. The third-order valence-corrected chi connectivity index (χ3v) is 2.11. The quantitative estimate of drug-likeness (QED) is 0.731. The number of carbonyl (C=O) groups is 1. The van der Waals surface area contributed by atoms with Crippen molar-refractivity contribution in [3.63, 3.8) is 0 Å². The second kappa shape index (κ2) is 3.51. The topological polar surface area (TPSA) is 60.9 Å². The van der Waals surface area contributed by atoms with Crippen molar-refractivity contribution in [2.45, 2.75) is 6.92 Å². The van der Waals surface area contributed by atoms with Crippen molar-refractivity contribution in [2.24, 2.45) is 7.05 Å². The zero-order valence-electron chi connectivity index (χ0n) is 8.19. The first-order valence-electron chi connectivity index (χ1n) is 4.25. The molecule has 0 N–H and O–H groups in total. The molecule has 15 heavy (non-hydrogen) atoms. The van der Waals surface area contributed by atoms with E-state index in [0.29, 0.717) is 22.7 Å². The lowest BCUT2D eigenvalue weighted by Crippen LogP contribution is -1.90. The monoisotopic (exact) mass is 225 g/mol. The Morgan fingerprint density at radius 3 is 2.87 bits per heavy atom. The molecule has 0 amide bonds. The summed E-state index contributed by atoms with van der Waals surface area (Å²) in [6, 6.07) is 1.70. The Bertz CT molecular complexity index is 515. The summed E-state index contributed by atoms with van der Waals surface area (Å²) in [5.74, 6) is 0.656. The Morgan fingerprint density at radius 1 is 1.60 bits per heavy atom. The number of halogens is 1. The molecular formula is C9H8ClN3O2. The molecule has 2 heterocycles. The van der Waals surface area contributed by atoms with Crippen LogP contribution in [-0.2, 0) is 7.05 Å². The summed E-state index contributed by atoms with van der Waals surface area (Å²) in [5.41, 5.74) is 1.28. The normalized spacial score (nSPS) is 10.6. The van der Waals surface area contributed by atoms with Crippen LogP contribution >= 0.6 is 11.6 Å². The number of aryl methyl sites for hydroxylation is 2. The van der Waals surface area contributed by atoms with Crippen LogP contribution < -0.4 is 0 Å². The van der Waals surface area contributed by atoms with Crippen molar-refractivity contribution in [3.05, 3.63) is 23.6 Å². The van der Waals surface area contributed by atoms with Gasteiger partial charge in [-0.3, -0.25) is 9.48 Å². The minimum Gasteiger partial charge on any atom is -0.361 e. The van der Waals surface area contributed by atoms with Crippen LogP contribution in [0.3, 0.4) is 0 Å². The van der Waals surface area contributed by atoms with Crippen LogP contribution in [0.4, 0.5) is 0 Å². The lowest BCUT2D eigenvalue weighted by atomic mass is 10.2. The third-order valence-electron chi connectivity index (χ3n) is 1.91. The highest BCUT2D eigenvalue weighted by Gasteiger charge is 2.17. The average molecular weight is 226 g/mol. The lowest BCUT2D eigenvalue weighted by molar-refractivity contribution is 0.108. The van der Waals surface area contributed by atoms with Gasteiger partial charge in [0, 0.05) is 19.3 Å². The molecule has 0 unspecified atom stereocenters. The van der Waals surface area contributed by atoms with Gasteiger partial charge in [0.05, 0.1) is 5.56 Å². The molecule has 6 heteroatoms. The summed E-state index contributed by atoms with van der Waals surface area (Å²) in [4.78, 5) is 11.1. The molecule has 0 fully saturated rings. The van der Waals surface area contributed by atoms with Gasteiger partial charge in [-0.1, -0.05) is 5.16 Å². The van der Waals surface area contributed by atoms with E-state index < -0.39 is 5.24 Å². The lowest BCUT2D eigenvalue weighted by Gasteiger charge is -1.89. The van der Waals surface area contributed by atoms with E-state index in [9.17, 15) is 4.79 Å². The number of aromatic nitrogens is 3. The maximum atomic E-state index is 11.1. The van der Waals surface area contributed by atoms with Gasteiger partial charge < -0.3 is 4.52 Å². The fourth-order valence-electron chi connectivity index (χ4n) is 1.30. The molecule has 0 saturated heterocycles. The van der Waals surface area contributed by atoms with E-state index in [1.807, 2.05) is 0 Å². The average Bonchev–Trinajstić information content (AvgIpc) is 2.71. The van der Waals surface area contributed by atoms with Crippen LogP contribution in [0.1, 0.15) is 16.1 Å². The minimum absolute atomic E-state index is 0.326. The van der Waals surface area contributed by atoms with E-state index in [-0.39, 0.29) is 0 Å². The summed E-state index contributed by atoms with van der Waals surface area (Å²) < 4.78 is 6.42. The van der Waals surface area contributed by atoms with Gasteiger partial charge >= 0.3 is 0 Å². The highest BCUT2D eigenvalue weighted by atomic mass is 35.5. The largest absolute Gasteiger partial charge is 0.361 e. The van der Waals surface area contributed by atoms with Crippen molar-refractivity contribution in [2.75, 3.05) is 0 Å². The molecule has 5 nitrogen and oxygen atoms in total. The fourth-order valence-corrected chi connectivity index (χ4v) is 1.44. The van der Waals surface area contributed by atoms with Crippen LogP contribution in [0.25, 0.3) is 11.4 Å². The summed E-state index contributed by atoms with van der Waals surface area (Å²) in [5, 5.41) is 7.33. The SMILES string of the molecule is Cc1cc(-c2nn(C)cc2C(=O)Cl)no1. The van der Waals surface area contributed by atoms with E-state index in [0.717, 1.165) is 0 Å². The number of hydrogen-bond donors (Lipinski definition) is 0. The molecule has 0 spiro atoms. The molecule has 0 aromatic carbocycles. The van der Waals surface area contributed by atoms with Crippen LogP contribution in [0.5, 0.6) is 0 Å². The molecule has 0 aliphatic rings. The molecule has 2 aromatic heterocycles. The molecular weight excluding hydrogens is 218 g/mol. The first-order valence-corrected chi connectivity index (χ1v) is 4.63. The smallest absolute Gasteiger partial charge is 0.256 e. The Kier molecular flexibility index (Phi) is 2.32. The second-order valence-electron chi connectivity index (χ2n) is 3.16. The van der Waals surface area contributed by atoms with Gasteiger partial charge in [-0.25, -0.2) is 0 Å². The Hall–Kier alpha value is -1.62. The summed E-state index contributed by atoms with van der Waals surface area (Å²) in [6.45, 7) is 1.77. The second-order valence-corrected chi connectivity index (χ2v) is 3.50. The van der Waals surface area contributed by atoms with Crippen molar-refractivity contribution in [3.8, 4) is 11.4 Å². The summed E-state index contributed by atoms with van der Waals surface area (Å²) in [7, 11) is 1.71. The van der Waals surface area contributed by atoms with Gasteiger partial charge in [0.25, 0.3) is 5.24 Å². The predicted molar refractivity (Wildman–Crippen MR) is 53.6 cm³/mol. The summed E-state index contributed by atoms with van der Waals surface area (Å²) >= 11 is 5.43. The molecule has 0 saturated carbocycles. The number of hydrogen-bond acceptors (Lipinski definition) is 4. The van der Waals surface area contributed by atoms with Crippen LogP contribution in [0, 0.1) is 6.92 Å². The van der Waals surface area contributed by atoms with Crippen LogP contribution in [0.2, 0.25) is 0 Å². The molecule has 0 bridgehead atoms. The van der Waals surface area contributed by atoms with E-state index in [1.54, 1.807) is 26.2 Å². The third kappa shape index (κ3) is 1.78. The molecule has 78 valence electrons. The van der Waals surface area contributed by atoms with E-state index >= 15 is 0 Å². The van der Waals surface area contributed by atoms with E-state index in [4.69, 9.17) is 16.1 Å². The van der Waals surface area contributed by atoms with E-state index in [1.165, 1.54) is 4.68 Å². The number of carbonyl (C=O) groups excluding carboxylic acids is 1. The standard InChI is InChI=1S/C9H8ClN3O2/c1-5-3-7(12-15-5)8-6(9(10)14)4-13(2)11-8/h3-4H,1-2H3. The molecule has 0 radical (unpaired) electrons. The Balaban J connectivity index is 2.56. The molecule has 0 atom stereocenters. The Labute approximate surface area is 90.6 Å². The fraction of sp³-hybridized carbons (Fsp3) is 0.222. The summed E-state index contributed by atoms with van der Waals surface area (Å²) in [6.07, 6.45) is 1.55. The zero-order valence-corrected chi connectivity index (χ0v) is 8.95. The van der Waals surface area contributed by atoms with Crippen molar-refractivity contribution in [1.29, 1.82) is 0 Å². The minimum atomic E-state index is -0.557. The van der Waals surface area contributed by atoms with Gasteiger partial charge in [-0.05, 0) is 18.5 Å². The highest BCUT2D eigenvalue weighted by molar-refractivity contribution is 6.68. The van der Waals surface area contributed by atoms with Crippen molar-refractivity contribution < 1.29 is 9.32 Å². The van der Waals surface area contributed by atoms with Gasteiger partial charge in [0.1, 0.15) is 17.1 Å². The van der Waals surface area contributed by atoms with Crippen LogP contribution in [0.15, 0.2) is 16.8 Å². The van der Waals surface area contributed by atoms with Gasteiger partial charge in [0.2, 0.25) is 0 Å². The molecule has 0 aliphatic carbocycles. The number of nitrogens with zero attached hydrogens (tertiary/aromatic N) is 3. The van der Waals surface area contributed by atoms with Crippen LogP contribution in [-0.4, -0.2) is 20.2 Å². The van der Waals surface area contributed by atoms with Crippen molar-refractivity contribution >= 4 is 16.8 Å². The van der Waals surface area contributed by atoms with Gasteiger partial charge in [-0.15, -0.1) is 0 Å². The molecule has 0 aliphatic heterocycles. The predicted octanol–water partition coefficient (Wildman–Crippen LogP) is 1.76. The first kappa shape index (κ1) is 9.92. The molecule has 2 rings (SSSR count). The highest BCUT2D eigenvalue weighted by Crippen LogP contribution is 2.22. The van der Waals surface area contributed by atoms with Gasteiger partial charge in [-0.2, -0.15) is 5.10 Å². The Morgan fingerprint density at radius 2 is 2.33 bits per heavy atom. The maximum absolute atomic E-state index is 11.1. The number of rotatable bonds is 2.